The standard InChI is InChI=1S/C10H11N3O5/c1-17-9-6(11)5-3-12(15)4-13(16)7(5)8(14)10(9)18-2/h3-4,14H,11H2,1-2H3. The number of rotatable bonds is 2. The Balaban J connectivity index is 3.02. The van der Waals surface area contributed by atoms with Crippen LogP contribution in [0.1, 0.15) is 0 Å². The molecule has 0 aliphatic rings. The molecule has 0 fully saturated rings. The van der Waals surface area contributed by atoms with E-state index in [2.05, 4.69) is 0 Å². The highest BCUT2D eigenvalue weighted by atomic mass is 16.5. The highest BCUT2D eigenvalue weighted by molar-refractivity contribution is 5.98. The molecule has 0 radical (unpaired) electrons. The van der Waals surface area contributed by atoms with Crippen molar-refractivity contribution in [2.24, 2.45) is 0 Å². The Kier molecular flexibility index (Phi) is 2.62. The van der Waals surface area contributed by atoms with Crippen LogP contribution < -0.4 is 24.7 Å². The van der Waals surface area contributed by atoms with Gasteiger partial charge in [0.05, 0.1) is 19.9 Å². The van der Waals surface area contributed by atoms with E-state index in [1.54, 1.807) is 0 Å². The molecule has 0 saturated carbocycles. The largest absolute Gasteiger partial charge is 0.614 e. The van der Waals surface area contributed by atoms with Crippen LogP contribution in [0, 0.1) is 10.4 Å². The van der Waals surface area contributed by atoms with Gasteiger partial charge in [0.25, 0.3) is 5.52 Å². The van der Waals surface area contributed by atoms with Gasteiger partial charge in [-0.1, -0.05) is 0 Å². The molecule has 1 heterocycles. The molecule has 0 unspecified atom stereocenters. The summed E-state index contributed by atoms with van der Waals surface area (Å²) in [7, 11) is 2.63. The van der Waals surface area contributed by atoms with Crippen LogP contribution >= 0.6 is 0 Å². The summed E-state index contributed by atoms with van der Waals surface area (Å²) >= 11 is 0. The third-order valence-corrected chi connectivity index (χ3v) is 2.54. The van der Waals surface area contributed by atoms with Crippen LogP contribution in [-0.2, 0) is 0 Å². The summed E-state index contributed by atoms with van der Waals surface area (Å²) in [5.74, 6) is -0.432. The van der Waals surface area contributed by atoms with Gasteiger partial charge < -0.3 is 30.7 Å². The molecule has 0 atom stereocenters. The molecule has 2 rings (SSSR count). The van der Waals surface area contributed by atoms with E-state index in [-0.39, 0.29) is 37.6 Å². The van der Waals surface area contributed by atoms with E-state index >= 15 is 0 Å². The number of anilines is 1. The first-order valence-corrected chi connectivity index (χ1v) is 4.89. The van der Waals surface area contributed by atoms with Gasteiger partial charge in [0, 0.05) is 0 Å². The molecule has 0 aliphatic carbocycles. The number of hydrogen-bond donors (Lipinski definition) is 2. The predicted molar refractivity (Wildman–Crippen MR) is 61.0 cm³/mol. The molecule has 96 valence electrons. The fourth-order valence-corrected chi connectivity index (χ4v) is 1.78. The average molecular weight is 253 g/mol. The highest BCUT2D eigenvalue weighted by Crippen LogP contribution is 2.45. The van der Waals surface area contributed by atoms with Crippen molar-refractivity contribution in [2.75, 3.05) is 20.0 Å². The number of benzene rings is 1. The van der Waals surface area contributed by atoms with Crippen LogP contribution in [0.5, 0.6) is 17.2 Å². The summed E-state index contributed by atoms with van der Waals surface area (Å²) in [6, 6.07) is 0. The lowest BCUT2D eigenvalue weighted by Gasteiger charge is -2.13. The van der Waals surface area contributed by atoms with E-state index in [1.807, 2.05) is 0 Å². The fraction of sp³-hybridized carbons (Fsp3) is 0.200. The number of aromatic hydroxyl groups is 1. The van der Waals surface area contributed by atoms with Crippen molar-refractivity contribution in [1.82, 2.24) is 0 Å². The molecule has 8 nitrogen and oxygen atoms in total. The number of nitrogen functional groups attached to an aromatic ring is 1. The zero-order valence-electron chi connectivity index (χ0n) is 9.71. The minimum absolute atomic E-state index is 0.0388. The Morgan fingerprint density at radius 1 is 1.22 bits per heavy atom. The van der Waals surface area contributed by atoms with E-state index < -0.39 is 5.75 Å². The Morgan fingerprint density at radius 2 is 1.83 bits per heavy atom. The van der Waals surface area contributed by atoms with Gasteiger partial charge in [-0.05, 0) is 0 Å². The molecule has 0 spiro atoms. The van der Waals surface area contributed by atoms with Gasteiger partial charge in [0.1, 0.15) is 5.39 Å². The summed E-state index contributed by atoms with van der Waals surface area (Å²) in [5, 5.41) is 32.9. The zero-order valence-corrected chi connectivity index (χ0v) is 9.71. The van der Waals surface area contributed by atoms with Gasteiger partial charge in [0.2, 0.25) is 17.7 Å². The number of fused-ring (bicyclic) bond motifs is 1. The minimum atomic E-state index is -0.436. The first-order valence-electron chi connectivity index (χ1n) is 4.89. The number of ether oxygens (including phenoxy) is 2. The van der Waals surface area contributed by atoms with Gasteiger partial charge in [-0.15, -0.1) is 9.46 Å². The SMILES string of the molecule is COc1c(OC)c(O)c2c(c[n+]([O-])c[n+]2[O-])c1N. The van der Waals surface area contributed by atoms with Crippen LogP contribution in [0.25, 0.3) is 10.9 Å². The van der Waals surface area contributed by atoms with Gasteiger partial charge in [-0.2, -0.15) is 0 Å². The predicted octanol–water partition coefficient (Wildman–Crippen LogP) is -0.588. The van der Waals surface area contributed by atoms with Crippen LogP contribution in [0.3, 0.4) is 0 Å². The molecule has 0 aliphatic heterocycles. The third-order valence-electron chi connectivity index (χ3n) is 2.54. The second-order valence-electron chi connectivity index (χ2n) is 3.52. The van der Waals surface area contributed by atoms with E-state index in [9.17, 15) is 15.5 Å². The highest BCUT2D eigenvalue weighted by Gasteiger charge is 2.27. The molecule has 0 amide bonds. The fourth-order valence-electron chi connectivity index (χ4n) is 1.78. The summed E-state index contributed by atoms with van der Waals surface area (Å²) in [6.07, 6.45) is 1.79. The van der Waals surface area contributed by atoms with Crippen molar-refractivity contribution in [1.29, 1.82) is 0 Å². The van der Waals surface area contributed by atoms with E-state index in [4.69, 9.17) is 15.2 Å². The normalized spacial score (nSPS) is 10.6. The molecular formula is C10H11N3O5. The minimum Gasteiger partial charge on any atom is -0.614 e. The maximum absolute atomic E-state index is 11.6. The summed E-state index contributed by atoms with van der Waals surface area (Å²) in [5.41, 5.74) is 5.68. The monoisotopic (exact) mass is 253 g/mol. The zero-order chi connectivity index (χ0) is 13.4. The number of phenols is 1. The van der Waals surface area contributed by atoms with E-state index in [0.717, 1.165) is 6.20 Å². The Morgan fingerprint density at radius 3 is 2.39 bits per heavy atom. The lowest BCUT2D eigenvalue weighted by Crippen LogP contribution is -2.40. The summed E-state index contributed by atoms with van der Waals surface area (Å²) in [6.45, 7) is 0. The number of phenolic OH excluding ortho intramolecular Hbond substituents is 1. The van der Waals surface area contributed by atoms with Crippen molar-refractivity contribution in [3.05, 3.63) is 22.9 Å². The third kappa shape index (κ3) is 1.46. The van der Waals surface area contributed by atoms with Crippen LogP contribution in [0.4, 0.5) is 5.69 Å². The second kappa shape index (κ2) is 3.99. The van der Waals surface area contributed by atoms with Crippen LogP contribution in [-0.4, -0.2) is 19.3 Å². The Bertz CT molecular complexity index is 629. The Hall–Kier alpha value is -2.64. The molecule has 8 heteroatoms. The molecule has 3 N–H and O–H groups in total. The van der Waals surface area contributed by atoms with Crippen molar-refractivity contribution < 1.29 is 24.0 Å². The quantitative estimate of drug-likeness (QED) is 0.319. The van der Waals surface area contributed by atoms with E-state index in [1.165, 1.54) is 14.2 Å². The molecule has 0 bridgehead atoms. The van der Waals surface area contributed by atoms with Gasteiger partial charge >= 0.3 is 6.33 Å². The first kappa shape index (κ1) is 11.8. The van der Waals surface area contributed by atoms with Crippen LogP contribution in [0.2, 0.25) is 0 Å². The summed E-state index contributed by atoms with van der Waals surface area (Å²) in [4.78, 5) is 0. The van der Waals surface area contributed by atoms with E-state index in [0.29, 0.717) is 6.33 Å². The topological polar surface area (TPSA) is 119 Å². The molecule has 2 aromatic rings. The van der Waals surface area contributed by atoms with Gasteiger partial charge in [-0.3, -0.25) is 0 Å². The van der Waals surface area contributed by atoms with Crippen molar-refractivity contribution in [2.45, 2.75) is 0 Å². The average Bonchev–Trinajstić information content (AvgIpc) is 2.32. The van der Waals surface area contributed by atoms with Gasteiger partial charge in [0.15, 0.2) is 5.75 Å². The van der Waals surface area contributed by atoms with Crippen molar-refractivity contribution in [3.63, 3.8) is 0 Å². The molecular weight excluding hydrogens is 242 g/mol. The number of nitrogens with two attached hydrogens (primary N) is 1. The second-order valence-corrected chi connectivity index (χ2v) is 3.52. The number of aromatic nitrogens is 2. The molecule has 1 aromatic heterocycles. The smallest absolute Gasteiger partial charge is 0.430 e. The lowest BCUT2D eigenvalue weighted by molar-refractivity contribution is -0.730. The number of methoxy groups -OCH3 is 2. The molecule has 18 heavy (non-hydrogen) atoms. The maximum Gasteiger partial charge on any atom is 0.430 e. The number of nitrogens with zero attached hydrogens (tertiary/aromatic N) is 2. The lowest BCUT2D eigenvalue weighted by atomic mass is 10.1. The summed E-state index contributed by atoms with van der Waals surface area (Å²) < 4.78 is 10.5. The molecule has 1 aromatic carbocycles. The van der Waals surface area contributed by atoms with Gasteiger partial charge in [-0.25, -0.2) is 0 Å². The van der Waals surface area contributed by atoms with Crippen molar-refractivity contribution in [3.8, 4) is 17.2 Å². The first-order chi connectivity index (χ1) is 8.51. The Labute approximate surface area is 102 Å². The van der Waals surface area contributed by atoms with Crippen molar-refractivity contribution >= 4 is 16.6 Å². The van der Waals surface area contributed by atoms with Crippen LogP contribution in [0.15, 0.2) is 12.5 Å². The maximum atomic E-state index is 11.6. The number of hydrogen-bond acceptors (Lipinski definition) is 6. The molecule has 0 saturated heterocycles.